The smallest absolute Gasteiger partial charge is 0.121 e. The van der Waals surface area contributed by atoms with E-state index in [9.17, 15) is 0 Å². The summed E-state index contributed by atoms with van der Waals surface area (Å²) in [4.78, 5) is 2.65. The number of aryl methyl sites for hydroxylation is 1. The fraction of sp³-hybridized carbons (Fsp3) is 0.750. The third-order valence-electron chi connectivity index (χ3n) is 4.82. The highest BCUT2D eigenvalue weighted by molar-refractivity contribution is 5.10. The van der Waals surface area contributed by atoms with Crippen molar-refractivity contribution in [2.75, 3.05) is 13.1 Å². The van der Waals surface area contributed by atoms with Crippen molar-refractivity contribution in [3.8, 4) is 0 Å². The van der Waals surface area contributed by atoms with Crippen LogP contribution in [0.1, 0.15) is 50.7 Å². The van der Waals surface area contributed by atoms with Gasteiger partial charge in [0.05, 0.1) is 6.04 Å². The topological polar surface area (TPSA) is 28.4 Å². The Hall–Kier alpha value is -0.800. The van der Waals surface area contributed by atoms with Crippen molar-refractivity contribution in [2.45, 2.75) is 58.2 Å². The zero-order chi connectivity index (χ0) is 13.4. The van der Waals surface area contributed by atoms with Crippen molar-refractivity contribution < 1.29 is 4.42 Å². The largest absolute Gasteiger partial charge is 0.465 e. The van der Waals surface area contributed by atoms with Crippen molar-refractivity contribution >= 4 is 0 Å². The van der Waals surface area contributed by atoms with E-state index in [4.69, 9.17) is 4.42 Å². The van der Waals surface area contributed by atoms with E-state index < -0.39 is 0 Å². The Bertz CT molecular complexity index is 424. The van der Waals surface area contributed by atoms with Gasteiger partial charge >= 0.3 is 0 Å². The number of nitrogens with zero attached hydrogens (tertiary/aromatic N) is 1. The highest BCUT2D eigenvalue weighted by atomic mass is 16.3. The normalized spacial score (nSPS) is 30.5. The van der Waals surface area contributed by atoms with Gasteiger partial charge in [-0.3, -0.25) is 4.90 Å². The molecule has 0 radical (unpaired) electrons. The first-order valence-electron chi connectivity index (χ1n) is 7.74. The highest BCUT2D eigenvalue weighted by Crippen LogP contribution is 2.36. The fourth-order valence-corrected chi connectivity index (χ4v) is 3.35. The average Bonchev–Trinajstić information content (AvgIpc) is 3.19. The Kier molecular flexibility index (Phi) is 3.68. The van der Waals surface area contributed by atoms with Crippen LogP contribution in [-0.2, 0) is 0 Å². The molecule has 0 spiro atoms. The summed E-state index contributed by atoms with van der Waals surface area (Å²) >= 11 is 0. The van der Waals surface area contributed by atoms with Gasteiger partial charge < -0.3 is 9.73 Å². The third-order valence-corrected chi connectivity index (χ3v) is 4.82. The Morgan fingerprint density at radius 1 is 1.42 bits per heavy atom. The molecule has 0 bridgehead atoms. The molecular formula is C16H26N2O. The minimum absolute atomic E-state index is 0.391. The molecule has 2 aliphatic rings. The van der Waals surface area contributed by atoms with Gasteiger partial charge in [0.25, 0.3) is 0 Å². The zero-order valence-corrected chi connectivity index (χ0v) is 12.4. The second-order valence-electron chi connectivity index (χ2n) is 6.24. The summed E-state index contributed by atoms with van der Waals surface area (Å²) in [6.07, 6.45) is 4.03. The second-order valence-corrected chi connectivity index (χ2v) is 6.24. The predicted octanol–water partition coefficient (Wildman–Crippen LogP) is 3.11. The molecule has 3 unspecified atom stereocenters. The van der Waals surface area contributed by atoms with Gasteiger partial charge in [-0.15, -0.1) is 0 Å². The van der Waals surface area contributed by atoms with E-state index >= 15 is 0 Å². The molecule has 3 rings (SSSR count). The van der Waals surface area contributed by atoms with Gasteiger partial charge in [-0.1, -0.05) is 6.92 Å². The lowest BCUT2D eigenvalue weighted by Gasteiger charge is -2.43. The number of hydrogen-bond donors (Lipinski definition) is 1. The number of nitrogens with one attached hydrogen (secondary N) is 1. The SMILES string of the molecule is CCC1CNC(C2CC2)CN1C(C)c1ccc(C)o1. The van der Waals surface area contributed by atoms with Gasteiger partial charge in [-0.25, -0.2) is 0 Å². The van der Waals surface area contributed by atoms with Crippen LogP contribution in [0.3, 0.4) is 0 Å². The van der Waals surface area contributed by atoms with Crippen molar-refractivity contribution in [3.63, 3.8) is 0 Å². The fourth-order valence-electron chi connectivity index (χ4n) is 3.35. The molecule has 3 atom stereocenters. The molecule has 2 fully saturated rings. The molecular weight excluding hydrogens is 236 g/mol. The molecule has 106 valence electrons. The van der Waals surface area contributed by atoms with Crippen molar-refractivity contribution in [1.82, 2.24) is 10.2 Å². The second kappa shape index (κ2) is 5.29. The van der Waals surface area contributed by atoms with Crippen LogP contribution in [0.15, 0.2) is 16.5 Å². The van der Waals surface area contributed by atoms with Gasteiger partial charge in [0.1, 0.15) is 11.5 Å². The first-order valence-corrected chi connectivity index (χ1v) is 7.74. The molecule has 1 N–H and O–H groups in total. The van der Waals surface area contributed by atoms with E-state index in [0.29, 0.717) is 18.1 Å². The van der Waals surface area contributed by atoms with E-state index in [0.717, 1.165) is 24.0 Å². The maximum Gasteiger partial charge on any atom is 0.121 e. The van der Waals surface area contributed by atoms with Gasteiger partial charge in [-0.2, -0.15) is 0 Å². The quantitative estimate of drug-likeness (QED) is 0.903. The summed E-state index contributed by atoms with van der Waals surface area (Å²) in [5.41, 5.74) is 0. The molecule has 1 saturated carbocycles. The standard InChI is InChI=1S/C16H26N2O/c1-4-14-9-17-15(13-6-7-13)10-18(14)12(3)16-8-5-11(2)19-16/h5,8,12-15,17H,4,6-7,9-10H2,1-3H3. The molecule has 1 aromatic heterocycles. The number of hydrogen-bond acceptors (Lipinski definition) is 3. The summed E-state index contributed by atoms with van der Waals surface area (Å²) in [5, 5.41) is 3.75. The van der Waals surface area contributed by atoms with E-state index in [-0.39, 0.29) is 0 Å². The monoisotopic (exact) mass is 262 g/mol. The van der Waals surface area contributed by atoms with Crippen LogP contribution >= 0.6 is 0 Å². The Balaban J connectivity index is 1.74. The predicted molar refractivity (Wildman–Crippen MR) is 77.2 cm³/mol. The van der Waals surface area contributed by atoms with Crippen LogP contribution in [0.25, 0.3) is 0 Å². The van der Waals surface area contributed by atoms with E-state index in [1.807, 2.05) is 6.92 Å². The molecule has 3 heteroatoms. The van der Waals surface area contributed by atoms with Crippen LogP contribution in [-0.4, -0.2) is 30.1 Å². The van der Waals surface area contributed by atoms with Crippen LogP contribution in [0, 0.1) is 12.8 Å². The summed E-state index contributed by atoms with van der Waals surface area (Å²) in [6.45, 7) is 8.90. The number of piperazine rings is 1. The lowest BCUT2D eigenvalue weighted by molar-refractivity contribution is 0.0702. The Morgan fingerprint density at radius 3 is 2.79 bits per heavy atom. The van der Waals surface area contributed by atoms with E-state index in [2.05, 4.69) is 36.2 Å². The van der Waals surface area contributed by atoms with Crippen LogP contribution < -0.4 is 5.32 Å². The van der Waals surface area contributed by atoms with Crippen LogP contribution in [0.5, 0.6) is 0 Å². The first-order chi connectivity index (χ1) is 9.19. The van der Waals surface area contributed by atoms with Crippen molar-refractivity contribution in [1.29, 1.82) is 0 Å². The van der Waals surface area contributed by atoms with Gasteiger partial charge in [-0.05, 0) is 51.2 Å². The molecule has 0 aromatic carbocycles. The summed E-state index contributed by atoms with van der Waals surface area (Å²) in [5.74, 6) is 3.06. The van der Waals surface area contributed by atoms with Gasteiger partial charge in [0.15, 0.2) is 0 Å². The van der Waals surface area contributed by atoms with E-state index in [1.165, 1.54) is 25.8 Å². The average molecular weight is 262 g/mol. The minimum Gasteiger partial charge on any atom is -0.465 e. The highest BCUT2D eigenvalue weighted by Gasteiger charge is 2.38. The molecule has 2 heterocycles. The van der Waals surface area contributed by atoms with Crippen LogP contribution in [0.2, 0.25) is 0 Å². The summed E-state index contributed by atoms with van der Waals surface area (Å²) < 4.78 is 5.84. The summed E-state index contributed by atoms with van der Waals surface area (Å²) in [6, 6.07) is 5.94. The molecule has 0 amide bonds. The zero-order valence-electron chi connectivity index (χ0n) is 12.4. The summed E-state index contributed by atoms with van der Waals surface area (Å²) in [7, 11) is 0. The maximum absolute atomic E-state index is 5.84. The van der Waals surface area contributed by atoms with E-state index in [1.54, 1.807) is 0 Å². The van der Waals surface area contributed by atoms with Gasteiger partial charge in [0, 0.05) is 25.2 Å². The first kappa shape index (κ1) is 13.2. The number of rotatable bonds is 4. The van der Waals surface area contributed by atoms with Crippen molar-refractivity contribution in [2.24, 2.45) is 5.92 Å². The Morgan fingerprint density at radius 2 is 2.21 bits per heavy atom. The molecule has 3 nitrogen and oxygen atoms in total. The lowest BCUT2D eigenvalue weighted by Crippen LogP contribution is -2.57. The third kappa shape index (κ3) is 2.72. The maximum atomic E-state index is 5.84. The number of furan rings is 1. The minimum atomic E-state index is 0.391. The van der Waals surface area contributed by atoms with Gasteiger partial charge in [0.2, 0.25) is 0 Å². The molecule has 1 saturated heterocycles. The lowest BCUT2D eigenvalue weighted by atomic mass is 10.0. The van der Waals surface area contributed by atoms with Crippen molar-refractivity contribution in [3.05, 3.63) is 23.7 Å². The molecule has 1 aliphatic carbocycles. The molecule has 1 aliphatic heterocycles. The molecule has 1 aromatic rings. The van der Waals surface area contributed by atoms with Crippen LogP contribution in [0.4, 0.5) is 0 Å². The Labute approximate surface area is 116 Å². The molecule has 19 heavy (non-hydrogen) atoms.